The van der Waals surface area contributed by atoms with Crippen LogP contribution in [0.4, 0.5) is 4.39 Å². The standard InChI is InChI=1S/C24H29Cl2FN2O2S/c1-4-16(3)28-24(31)22(5-2)29(13-18-8-11-20(25)21(26)12-18)23(30)15-32-14-17-6-9-19(27)10-7-17/h6-12,16,22H,4-5,13-15H2,1-3H3,(H,28,31)/t16-,22-/m1/s1. The minimum absolute atomic E-state index is 0.0197. The Kier molecular flexibility index (Phi) is 10.8. The molecule has 0 aromatic heterocycles. The highest BCUT2D eigenvalue weighted by Crippen LogP contribution is 2.24. The number of carbonyl (C=O) groups excluding carboxylic acids is 2. The molecule has 0 fully saturated rings. The molecule has 1 N–H and O–H groups in total. The van der Waals surface area contributed by atoms with Gasteiger partial charge in [-0.1, -0.05) is 55.2 Å². The second-order valence-corrected chi connectivity index (χ2v) is 9.43. The first-order valence-electron chi connectivity index (χ1n) is 10.6. The quantitative estimate of drug-likeness (QED) is 0.407. The van der Waals surface area contributed by atoms with Crippen LogP contribution in [0.1, 0.15) is 44.7 Å². The summed E-state index contributed by atoms with van der Waals surface area (Å²) in [6.07, 6.45) is 1.29. The van der Waals surface area contributed by atoms with E-state index in [1.165, 1.54) is 23.9 Å². The van der Waals surface area contributed by atoms with Gasteiger partial charge in [0.05, 0.1) is 15.8 Å². The largest absolute Gasteiger partial charge is 0.352 e. The molecule has 0 unspecified atom stereocenters. The summed E-state index contributed by atoms with van der Waals surface area (Å²) in [7, 11) is 0. The molecule has 0 aliphatic heterocycles. The number of carbonyl (C=O) groups is 2. The summed E-state index contributed by atoms with van der Waals surface area (Å²) in [5.74, 6) is 0.169. The zero-order chi connectivity index (χ0) is 23.7. The topological polar surface area (TPSA) is 49.4 Å². The molecule has 0 aliphatic carbocycles. The minimum atomic E-state index is -0.600. The van der Waals surface area contributed by atoms with Crippen molar-refractivity contribution < 1.29 is 14.0 Å². The molecular formula is C24H29Cl2FN2O2S. The van der Waals surface area contributed by atoms with Crippen molar-refractivity contribution >= 4 is 46.8 Å². The summed E-state index contributed by atoms with van der Waals surface area (Å²) in [6.45, 7) is 6.08. The number of rotatable bonds is 11. The number of amides is 2. The Hall–Kier alpha value is -1.76. The van der Waals surface area contributed by atoms with Crippen LogP contribution in [-0.4, -0.2) is 34.6 Å². The predicted octanol–water partition coefficient (Wildman–Crippen LogP) is 6.09. The van der Waals surface area contributed by atoms with Gasteiger partial charge >= 0.3 is 0 Å². The van der Waals surface area contributed by atoms with E-state index < -0.39 is 6.04 Å². The van der Waals surface area contributed by atoms with Crippen LogP contribution in [-0.2, 0) is 21.9 Å². The van der Waals surface area contributed by atoms with E-state index >= 15 is 0 Å². The van der Waals surface area contributed by atoms with Crippen LogP contribution in [0.25, 0.3) is 0 Å². The Bertz CT molecular complexity index is 911. The van der Waals surface area contributed by atoms with Gasteiger partial charge in [0.2, 0.25) is 11.8 Å². The third-order valence-corrected chi connectivity index (χ3v) is 6.86. The molecule has 0 radical (unpaired) electrons. The fourth-order valence-corrected chi connectivity index (χ4v) is 4.31. The molecule has 0 aliphatic rings. The molecule has 8 heteroatoms. The van der Waals surface area contributed by atoms with E-state index in [1.54, 1.807) is 35.2 Å². The maximum absolute atomic E-state index is 13.2. The summed E-state index contributed by atoms with van der Waals surface area (Å²) < 4.78 is 13.1. The normalized spacial score (nSPS) is 12.8. The van der Waals surface area contributed by atoms with Gasteiger partial charge in [-0.2, -0.15) is 0 Å². The molecule has 0 bridgehead atoms. The number of hydrogen-bond acceptors (Lipinski definition) is 3. The highest BCUT2D eigenvalue weighted by atomic mass is 35.5. The molecular weight excluding hydrogens is 470 g/mol. The summed E-state index contributed by atoms with van der Waals surface area (Å²) >= 11 is 13.6. The Morgan fingerprint density at radius 3 is 2.28 bits per heavy atom. The Balaban J connectivity index is 2.16. The second kappa shape index (κ2) is 13.1. The van der Waals surface area contributed by atoms with Gasteiger partial charge in [-0.3, -0.25) is 9.59 Å². The van der Waals surface area contributed by atoms with Gasteiger partial charge in [0.1, 0.15) is 11.9 Å². The lowest BCUT2D eigenvalue weighted by atomic mass is 10.1. The van der Waals surface area contributed by atoms with Gasteiger partial charge in [-0.25, -0.2) is 4.39 Å². The number of hydrogen-bond donors (Lipinski definition) is 1. The van der Waals surface area contributed by atoms with E-state index in [2.05, 4.69) is 5.32 Å². The number of benzene rings is 2. The van der Waals surface area contributed by atoms with Crippen molar-refractivity contribution in [3.8, 4) is 0 Å². The molecule has 174 valence electrons. The van der Waals surface area contributed by atoms with E-state index in [0.717, 1.165) is 17.5 Å². The lowest BCUT2D eigenvalue weighted by Crippen LogP contribution is -2.51. The van der Waals surface area contributed by atoms with Crippen molar-refractivity contribution in [2.75, 3.05) is 5.75 Å². The van der Waals surface area contributed by atoms with Crippen LogP contribution in [0.15, 0.2) is 42.5 Å². The smallest absolute Gasteiger partial charge is 0.243 e. The van der Waals surface area contributed by atoms with Crippen molar-refractivity contribution in [1.82, 2.24) is 10.2 Å². The average molecular weight is 499 g/mol. The fourth-order valence-electron chi connectivity index (χ4n) is 3.12. The SMILES string of the molecule is CC[C@@H](C)NC(=O)[C@@H](CC)N(Cc1ccc(Cl)c(Cl)c1)C(=O)CSCc1ccc(F)cc1. The number of thioether (sulfide) groups is 1. The maximum atomic E-state index is 13.2. The highest BCUT2D eigenvalue weighted by molar-refractivity contribution is 7.99. The van der Waals surface area contributed by atoms with Crippen LogP contribution in [0.5, 0.6) is 0 Å². The highest BCUT2D eigenvalue weighted by Gasteiger charge is 2.29. The van der Waals surface area contributed by atoms with Gasteiger partial charge in [-0.05, 0) is 55.2 Å². The maximum Gasteiger partial charge on any atom is 0.243 e. The minimum Gasteiger partial charge on any atom is -0.352 e. The molecule has 2 aromatic rings. The Morgan fingerprint density at radius 1 is 1.03 bits per heavy atom. The molecule has 0 heterocycles. The van der Waals surface area contributed by atoms with Crippen molar-refractivity contribution in [2.45, 2.75) is 58.0 Å². The molecule has 0 spiro atoms. The fraction of sp³-hybridized carbons (Fsp3) is 0.417. The second-order valence-electron chi connectivity index (χ2n) is 7.63. The molecule has 0 saturated carbocycles. The van der Waals surface area contributed by atoms with Crippen LogP contribution in [0.3, 0.4) is 0 Å². The number of nitrogens with zero attached hydrogens (tertiary/aromatic N) is 1. The molecule has 4 nitrogen and oxygen atoms in total. The van der Waals surface area contributed by atoms with Crippen molar-refractivity contribution in [3.63, 3.8) is 0 Å². The molecule has 32 heavy (non-hydrogen) atoms. The molecule has 2 rings (SSSR count). The van der Waals surface area contributed by atoms with E-state index in [-0.39, 0.29) is 36.0 Å². The van der Waals surface area contributed by atoms with Crippen molar-refractivity contribution in [3.05, 3.63) is 69.5 Å². The lowest BCUT2D eigenvalue weighted by molar-refractivity contribution is -0.139. The Morgan fingerprint density at radius 2 is 1.69 bits per heavy atom. The number of nitrogens with one attached hydrogen (secondary N) is 1. The van der Waals surface area contributed by atoms with E-state index in [0.29, 0.717) is 22.2 Å². The van der Waals surface area contributed by atoms with Gasteiger partial charge < -0.3 is 10.2 Å². The monoisotopic (exact) mass is 498 g/mol. The first kappa shape index (κ1) is 26.5. The zero-order valence-corrected chi connectivity index (χ0v) is 20.9. The van der Waals surface area contributed by atoms with Gasteiger partial charge in [0.25, 0.3) is 0 Å². The van der Waals surface area contributed by atoms with Gasteiger partial charge in [0, 0.05) is 18.3 Å². The first-order valence-corrected chi connectivity index (χ1v) is 12.5. The summed E-state index contributed by atoms with van der Waals surface area (Å²) in [5.41, 5.74) is 1.73. The number of halogens is 3. The Labute approximate surface area is 203 Å². The van der Waals surface area contributed by atoms with Crippen molar-refractivity contribution in [2.24, 2.45) is 0 Å². The summed E-state index contributed by atoms with van der Waals surface area (Å²) in [6, 6.07) is 10.8. The van der Waals surface area contributed by atoms with Crippen LogP contribution in [0.2, 0.25) is 10.0 Å². The van der Waals surface area contributed by atoms with Crippen LogP contribution in [0, 0.1) is 5.82 Å². The zero-order valence-electron chi connectivity index (χ0n) is 18.5. The molecule has 2 amide bonds. The van der Waals surface area contributed by atoms with E-state index in [1.807, 2.05) is 20.8 Å². The van der Waals surface area contributed by atoms with Crippen LogP contribution < -0.4 is 5.32 Å². The molecule has 2 aromatic carbocycles. The summed E-state index contributed by atoms with van der Waals surface area (Å²) in [5, 5.41) is 3.82. The predicted molar refractivity (Wildman–Crippen MR) is 132 cm³/mol. The molecule has 0 saturated heterocycles. The first-order chi connectivity index (χ1) is 15.2. The third-order valence-electron chi connectivity index (χ3n) is 5.13. The van der Waals surface area contributed by atoms with E-state index in [4.69, 9.17) is 23.2 Å². The van der Waals surface area contributed by atoms with Crippen LogP contribution >= 0.6 is 35.0 Å². The van der Waals surface area contributed by atoms with E-state index in [9.17, 15) is 14.0 Å². The van der Waals surface area contributed by atoms with Gasteiger partial charge in [0.15, 0.2) is 0 Å². The lowest BCUT2D eigenvalue weighted by Gasteiger charge is -2.31. The van der Waals surface area contributed by atoms with Gasteiger partial charge in [-0.15, -0.1) is 11.8 Å². The summed E-state index contributed by atoms with van der Waals surface area (Å²) in [4.78, 5) is 27.7. The molecule has 2 atom stereocenters. The third kappa shape index (κ3) is 7.98. The van der Waals surface area contributed by atoms with Crippen molar-refractivity contribution in [1.29, 1.82) is 0 Å². The average Bonchev–Trinajstić information content (AvgIpc) is 2.77.